The van der Waals surface area contributed by atoms with Crippen molar-refractivity contribution in [2.24, 2.45) is 0 Å². The first-order chi connectivity index (χ1) is 8.43. The Bertz CT molecular complexity index is 483. The van der Waals surface area contributed by atoms with Crippen molar-refractivity contribution in [2.75, 3.05) is 26.2 Å². The molecule has 3 nitrogen and oxygen atoms in total. The lowest BCUT2D eigenvalue weighted by molar-refractivity contribution is 0.235. The zero-order valence-corrected chi connectivity index (χ0v) is 10.2. The predicted molar refractivity (Wildman–Crippen MR) is 67.3 cm³/mol. The van der Waals surface area contributed by atoms with Crippen molar-refractivity contribution >= 4 is 12.2 Å². The highest BCUT2D eigenvalue weighted by Gasteiger charge is 2.11. The highest BCUT2D eigenvalue weighted by molar-refractivity contribution is 5.40. The molecule has 1 aliphatic heterocycles. The molecular weight excluding hydrogens is 214 g/mol. The van der Waals surface area contributed by atoms with Gasteiger partial charge in [0, 0.05) is 6.54 Å². The van der Waals surface area contributed by atoms with Crippen LogP contribution in [0, 0.1) is 0 Å². The van der Waals surface area contributed by atoms with Gasteiger partial charge in [-0.1, -0.05) is 6.08 Å². The Morgan fingerprint density at radius 1 is 1.18 bits per heavy atom. The lowest BCUT2D eigenvalue weighted by atomic mass is 10.2. The van der Waals surface area contributed by atoms with Gasteiger partial charge in [0.05, 0.1) is 5.22 Å². The van der Waals surface area contributed by atoms with Crippen molar-refractivity contribution in [1.29, 1.82) is 0 Å². The van der Waals surface area contributed by atoms with Gasteiger partial charge in [-0.15, -0.1) is 0 Å². The molecule has 0 bridgehead atoms. The first-order valence-corrected chi connectivity index (χ1v) is 6.56. The van der Waals surface area contributed by atoms with E-state index in [2.05, 4.69) is 17.1 Å². The van der Waals surface area contributed by atoms with Crippen LogP contribution in [0.1, 0.15) is 25.7 Å². The summed E-state index contributed by atoms with van der Waals surface area (Å²) in [7, 11) is 0. The molecule has 3 heteroatoms. The molecule has 1 fully saturated rings. The summed E-state index contributed by atoms with van der Waals surface area (Å²) in [6, 6.07) is 0. The third-order valence-corrected chi connectivity index (χ3v) is 3.53. The van der Waals surface area contributed by atoms with Gasteiger partial charge in [0.15, 0.2) is 5.75 Å². The fraction of sp³-hybridized carbons (Fsp3) is 0.571. The SMILES string of the molecule is C1=c2occ(OCCN3CCCC3)c2=CCC1. The Kier molecular flexibility index (Phi) is 3.18. The molecule has 3 rings (SSSR count). The lowest BCUT2D eigenvalue weighted by Gasteiger charge is -2.14. The predicted octanol–water partition coefficient (Wildman–Crippen LogP) is 1.11. The van der Waals surface area contributed by atoms with E-state index in [1.54, 1.807) is 6.26 Å². The van der Waals surface area contributed by atoms with E-state index < -0.39 is 0 Å². The highest BCUT2D eigenvalue weighted by Crippen LogP contribution is 2.08. The van der Waals surface area contributed by atoms with Crippen LogP contribution in [0.3, 0.4) is 0 Å². The molecule has 2 aliphatic rings. The van der Waals surface area contributed by atoms with E-state index in [0.717, 1.165) is 42.4 Å². The summed E-state index contributed by atoms with van der Waals surface area (Å²) in [5.74, 6) is 0.912. The van der Waals surface area contributed by atoms with Crippen LogP contribution in [0.4, 0.5) is 0 Å². The van der Waals surface area contributed by atoms with Gasteiger partial charge in [-0.25, -0.2) is 0 Å². The van der Waals surface area contributed by atoms with Gasteiger partial charge < -0.3 is 9.15 Å². The maximum Gasteiger partial charge on any atom is 0.165 e. The molecule has 92 valence electrons. The highest BCUT2D eigenvalue weighted by atomic mass is 16.5. The van der Waals surface area contributed by atoms with Gasteiger partial charge in [0.25, 0.3) is 0 Å². The van der Waals surface area contributed by atoms with Crippen LogP contribution in [0.25, 0.3) is 12.2 Å². The average Bonchev–Trinajstić information content (AvgIpc) is 2.99. The number of hydrogen-bond acceptors (Lipinski definition) is 3. The number of likely N-dealkylation sites (tertiary alicyclic amines) is 1. The summed E-state index contributed by atoms with van der Waals surface area (Å²) in [6.45, 7) is 4.25. The minimum Gasteiger partial charge on any atom is -0.488 e. The van der Waals surface area contributed by atoms with Crippen molar-refractivity contribution in [3.05, 3.63) is 16.9 Å². The minimum atomic E-state index is 0.764. The van der Waals surface area contributed by atoms with E-state index in [1.807, 2.05) is 0 Å². The van der Waals surface area contributed by atoms with Gasteiger partial charge in [-0.3, -0.25) is 4.90 Å². The second kappa shape index (κ2) is 4.96. The van der Waals surface area contributed by atoms with Crippen LogP contribution in [-0.4, -0.2) is 31.1 Å². The fourth-order valence-corrected chi connectivity index (χ4v) is 2.57. The summed E-state index contributed by atoms with van der Waals surface area (Å²) in [6.07, 6.45) is 10.9. The monoisotopic (exact) mass is 233 g/mol. The van der Waals surface area contributed by atoms with E-state index in [0.29, 0.717) is 0 Å². The van der Waals surface area contributed by atoms with Crippen LogP contribution < -0.4 is 15.4 Å². The second-order valence-corrected chi connectivity index (χ2v) is 4.76. The molecule has 1 aromatic rings. The number of hydrogen-bond donors (Lipinski definition) is 0. The number of ether oxygens (including phenoxy) is 1. The Morgan fingerprint density at radius 3 is 2.88 bits per heavy atom. The largest absolute Gasteiger partial charge is 0.488 e. The van der Waals surface area contributed by atoms with Crippen LogP contribution in [-0.2, 0) is 0 Å². The van der Waals surface area contributed by atoms with Crippen molar-refractivity contribution in [1.82, 2.24) is 4.90 Å². The first-order valence-electron chi connectivity index (χ1n) is 6.56. The Hall–Kier alpha value is -1.22. The second-order valence-electron chi connectivity index (χ2n) is 4.76. The first kappa shape index (κ1) is 10.9. The molecule has 17 heavy (non-hydrogen) atoms. The summed E-state index contributed by atoms with van der Waals surface area (Å²) in [5.41, 5.74) is 0.979. The third kappa shape index (κ3) is 2.39. The zero-order chi connectivity index (χ0) is 11.5. The van der Waals surface area contributed by atoms with E-state index in [4.69, 9.17) is 9.15 Å². The Morgan fingerprint density at radius 2 is 2.00 bits per heavy atom. The Balaban J connectivity index is 1.60. The maximum absolute atomic E-state index is 5.82. The van der Waals surface area contributed by atoms with E-state index >= 15 is 0 Å². The molecule has 0 atom stereocenters. The van der Waals surface area contributed by atoms with Crippen LogP contribution in [0.2, 0.25) is 0 Å². The summed E-state index contributed by atoms with van der Waals surface area (Å²) in [5, 5.41) is 1.15. The molecule has 0 N–H and O–H groups in total. The summed E-state index contributed by atoms with van der Waals surface area (Å²) in [4.78, 5) is 2.46. The van der Waals surface area contributed by atoms with Crippen LogP contribution in [0.5, 0.6) is 5.75 Å². The van der Waals surface area contributed by atoms with Gasteiger partial charge >= 0.3 is 0 Å². The number of furan rings is 1. The summed E-state index contributed by atoms with van der Waals surface area (Å²) >= 11 is 0. The number of fused-ring (bicyclic) bond motifs is 1. The zero-order valence-electron chi connectivity index (χ0n) is 10.2. The minimum absolute atomic E-state index is 0.764. The molecule has 0 amide bonds. The van der Waals surface area contributed by atoms with Gasteiger partial charge in [0.2, 0.25) is 0 Å². The third-order valence-electron chi connectivity index (χ3n) is 3.53. The van der Waals surface area contributed by atoms with Crippen LogP contribution in [0.15, 0.2) is 10.7 Å². The standard InChI is InChI=1S/C14H19NO2/c1-2-6-13-12(5-1)14(11-17-13)16-10-9-15-7-3-4-8-15/h5-6,11H,1-4,7-10H2. The molecule has 1 aromatic heterocycles. The van der Waals surface area contributed by atoms with Gasteiger partial charge in [0.1, 0.15) is 18.3 Å². The molecule has 1 saturated heterocycles. The topological polar surface area (TPSA) is 25.6 Å². The van der Waals surface area contributed by atoms with E-state index in [-0.39, 0.29) is 0 Å². The molecule has 0 unspecified atom stereocenters. The molecule has 0 saturated carbocycles. The molecule has 0 aromatic carbocycles. The fourth-order valence-electron chi connectivity index (χ4n) is 2.57. The molecule has 0 spiro atoms. The number of rotatable bonds is 4. The molecule has 2 heterocycles. The molecular formula is C14H19NO2. The van der Waals surface area contributed by atoms with Crippen molar-refractivity contribution in [2.45, 2.75) is 25.7 Å². The van der Waals surface area contributed by atoms with E-state index in [1.165, 1.54) is 25.9 Å². The maximum atomic E-state index is 5.82. The van der Waals surface area contributed by atoms with Gasteiger partial charge in [-0.05, 0) is 44.8 Å². The van der Waals surface area contributed by atoms with Crippen molar-refractivity contribution in [3.63, 3.8) is 0 Å². The lowest BCUT2D eigenvalue weighted by Crippen LogP contribution is -2.28. The molecule has 0 radical (unpaired) electrons. The molecule has 1 aliphatic carbocycles. The Labute approximate surface area is 101 Å². The smallest absolute Gasteiger partial charge is 0.165 e. The normalized spacial score (nSPS) is 19.5. The average molecular weight is 233 g/mol. The number of nitrogens with zero attached hydrogens (tertiary/aromatic N) is 1. The summed E-state index contributed by atoms with van der Waals surface area (Å²) < 4.78 is 11.3. The van der Waals surface area contributed by atoms with E-state index in [9.17, 15) is 0 Å². The quantitative estimate of drug-likeness (QED) is 0.779. The van der Waals surface area contributed by atoms with Gasteiger partial charge in [-0.2, -0.15) is 0 Å². The van der Waals surface area contributed by atoms with Crippen molar-refractivity contribution in [3.8, 4) is 5.75 Å². The van der Waals surface area contributed by atoms with Crippen LogP contribution >= 0.6 is 0 Å². The van der Waals surface area contributed by atoms with Crippen molar-refractivity contribution < 1.29 is 9.15 Å².